The Bertz CT molecular complexity index is 804. The topological polar surface area (TPSA) is 32.3 Å². The summed E-state index contributed by atoms with van der Waals surface area (Å²) in [6.07, 6.45) is -4.51. The fraction of sp³-hybridized carbons (Fsp3) is 0.353. The number of nitrogens with one attached hydrogen (secondary N) is 1. The molecule has 1 heterocycles. The zero-order valence-corrected chi connectivity index (χ0v) is 14.7. The first-order valence-electron chi connectivity index (χ1n) is 7.42. The second-order valence-corrected chi connectivity index (χ2v) is 7.47. The Balaban J connectivity index is 2.08. The number of benzene rings is 2. The maximum absolute atomic E-state index is 13.7. The molecule has 128 valence electrons. The molecule has 3 rings (SSSR count). The summed E-state index contributed by atoms with van der Waals surface area (Å²) in [7, 11) is 0. The minimum absolute atomic E-state index is 0.00991. The molecule has 1 atom stereocenters. The van der Waals surface area contributed by atoms with Crippen LogP contribution in [0, 0.1) is 5.41 Å². The average molecular weight is 401 g/mol. The van der Waals surface area contributed by atoms with Crippen LogP contribution in [-0.4, -0.2) is 23.6 Å². The van der Waals surface area contributed by atoms with Crippen molar-refractivity contribution < 1.29 is 18.0 Å². The molecule has 1 aliphatic rings. The molecule has 3 nitrogen and oxygen atoms in total. The fourth-order valence-corrected chi connectivity index (χ4v) is 3.44. The van der Waals surface area contributed by atoms with Crippen LogP contribution in [0.4, 0.5) is 13.2 Å². The van der Waals surface area contributed by atoms with E-state index in [9.17, 15) is 18.0 Å². The highest BCUT2D eigenvalue weighted by Gasteiger charge is 2.51. The predicted molar refractivity (Wildman–Crippen MR) is 89.1 cm³/mol. The number of carbonyl (C=O) groups excluding carboxylic acids is 1. The number of nitrogens with zero attached hydrogens (tertiary/aromatic N) is 1. The van der Waals surface area contributed by atoms with Crippen LogP contribution in [0.5, 0.6) is 0 Å². The summed E-state index contributed by atoms with van der Waals surface area (Å²) in [4.78, 5) is 11.9. The molecule has 0 radical (unpaired) electrons. The molecule has 2 aromatic carbocycles. The fourth-order valence-electron chi connectivity index (χ4n) is 2.94. The van der Waals surface area contributed by atoms with Crippen LogP contribution in [0.3, 0.4) is 0 Å². The standard InChI is InChI=1S/C17H16BrF3N2O/c1-16(2)9-23(22-15(16)24)14(17(19,20)21)11-7-6-10-4-3-5-13(18)12(10)8-11/h3-8,14H,9H2,1-2H3,(H,22,24)/t14-/m0/s1. The van der Waals surface area contributed by atoms with Crippen molar-refractivity contribution in [2.45, 2.75) is 26.1 Å². The summed E-state index contributed by atoms with van der Waals surface area (Å²) in [5.74, 6) is -0.404. The van der Waals surface area contributed by atoms with E-state index in [1.54, 1.807) is 26.0 Å². The molecule has 1 fully saturated rings. The smallest absolute Gasteiger partial charge is 0.287 e. The van der Waals surface area contributed by atoms with Crippen molar-refractivity contribution in [1.82, 2.24) is 10.4 Å². The second-order valence-electron chi connectivity index (χ2n) is 6.62. The Labute approximate surface area is 145 Å². The van der Waals surface area contributed by atoms with Crippen molar-refractivity contribution in [2.24, 2.45) is 5.41 Å². The van der Waals surface area contributed by atoms with E-state index in [0.29, 0.717) is 5.39 Å². The summed E-state index contributed by atoms with van der Waals surface area (Å²) in [5, 5.41) is 2.54. The van der Waals surface area contributed by atoms with Crippen molar-refractivity contribution >= 4 is 32.6 Å². The molecular formula is C17H16BrF3N2O. The lowest BCUT2D eigenvalue weighted by molar-refractivity contribution is -0.191. The number of carbonyl (C=O) groups is 1. The molecular weight excluding hydrogens is 385 g/mol. The summed E-state index contributed by atoms with van der Waals surface area (Å²) >= 11 is 3.38. The first-order chi connectivity index (χ1) is 11.1. The van der Waals surface area contributed by atoms with Crippen LogP contribution in [0.1, 0.15) is 25.5 Å². The minimum atomic E-state index is -4.51. The van der Waals surface area contributed by atoms with Gasteiger partial charge in [-0.3, -0.25) is 10.2 Å². The molecule has 7 heteroatoms. The maximum atomic E-state index is 13.7. The largest absolute Gasteiger partial charge is 0.409 e. The lowest BCUT2D eigenvalue weighted by atomic mass is 9.93. The van der Waals surface area contributed by atoms with Gasteiger partial charge in [-0.2, -0.15) is 13.2 Å². The molecule has 2 aromatic rings. The van der Waals surface area contributed by atoms with E-state index in [-0.39, 0.29) is 12.1 Å². The van der Waals surface area contributed by atoms with Crippen molar-refractivity contribution in [3.05, 3.63) is 46.4 Å². The van der Waals surface area contributed by atoms with Gasteiger partial charge in [0.15, 0.2) is 0 Å². The minimum Gasteiger partial charge on any atom is -0.287 e. The average Bonchev–Trinajstić information content (AvgIpc) is 2.71. The molecule has 0 aromatic heterocycles. The number of alkyl halides is 3. The number of hydrazine groups is 1. The molecule has 0 spiro atoms. The van der Waals surface area contributed by atoms with E-state index in [2.05, 4.69) is 21.4 Å². The van der Waals surface area contributed by atoms with Crippen LogP contribution in [0.2, 0.25) is 0 Å². The maximum Gasteiger partial charge on any atom is 0.409 e. The monoisotopic (exact) mass is 400 g/mol. The number of hydrogen-bond acceptors (Lipinski definition) is 2. The summed E-state index contributed by atoms with van der Waals surface area (Å²) < 4.78 is 41.9. The van der Waals surface area contributed by atoms with Gasteiger partial charge in [-0.15, -0.1) is 0 Å². The molecule has 1 saturated heterocycles. The molecule has 1 aliphatic heterocycles. The van der Waals surface area contributed by atoms with Crippen LogP contribution < -0.4 is 5.43 Å². The molecule has 0 bridgehead atoms. The van der Waals surface area contributed by atoms with Crippen molar-refractivity contribution in [3.8, 4) is 0 Å². The second kappa shape index (κ2) is 5.74. The van der Waals surface area contributed by atoms with Crippen molar-refractivity contribution in [3.63, 3.8) is 0 Å². The van der Waals surface area contributed by atoms with Crippen LogP contribution >= 0.6 is 15.9 Å². The third-order valence-electron chi connectivity index (χ3n) is 4.22. The van der Waals surface area contributed by atoms with Gasteiger partial charge in [0.05, 0.1) is 5.41 Å². The lowest BCUT2D eigenvalue weighted by Crippen LogP contribution is -2.43. The van der Waals surface area contributed by atoms with Crippen LogP contribution in [0.15, 0.2) is 40.9 Å². The van der Waals surface area contributed by atoms with Crippen LogP contribution in [0.25, 0.3) is 10.8 Å². The van der Waals surface area contributed by atoms with Gasteiger partial charge in [-0.1, -0.05) is 40.2 Å². The summed E-state index contributed by atoms with van der Waals surface area (Å²) in [6, 6.07) is 8.22. The molecule has 0 aliphatic carbocycles. The highest BCUT2D eigenvalue weighted by atomic mass is 79.9. The van der Waals surface area contributed by atoms with E-state index < -0.39 is 23.5 Å². The Hall–Kier alpha value is -1.60. The number of rotatable bonds is 2. The van der Waals surface area contributed by atoms with Gasteiger partial charge in [0.1, 0.15) is 6.04 Å². The van der Waals surface area contributed by atoms with Crippen molar-refractivity contribution in [2.75, 3.05) is 6.54 Å². The van der Waals surface area contributed by atoms with Crippen LogP contribution in [-0.2, 0) is 4.79 Å². The zero-order valence-electron chi connectivity index (χ0n) is 13.1. The highest BCUT2D eigenvalue weighted by Crippen LogP contribution is 2.41. The zero-order chi connectivity index (χ0) is 17.7. The van der Waals surface area contributed by atoms with Gasteiger partial charge in [0.25, 0.3) is 0 Å². The van der Waals surface area contributed by atoms with Gasteiger partial charge in [-0.25, -0.2) is 5.01 Å². The van der Waals surface area contributed by atoms with E-state index >= 15 is 0 Å². The van der Waals surface area contributed by atoms with Gasteiger partial charge in [0, 0.05) is 11.0 Å². The molecule has 24 heavy (non-hydrogen) atoms. The highest BCUT2D eigenvalue weighted by molar-refractivity contribution is 9.10. The summed E-state index contributed by atoms with van der Waals surface area (Å²) in [5.41, 5.74) is 1.61. The number of amides is 1. The predicted octanol–water partition coefficient (Wildman–Crippen LogP) is 4.58. The normalized spacial score (nSPS) is 19.5. The Morgan fingerprint density at radius 1 is 1.25 bits per heavy atom. The number of halogens is 4. The van der Waals surface area contributed by atoms with E-state index in [0.717, 1.165) is 14.9 Å². The molecule has 0 unspecified atom stereocenters. The Kier molecular flexibility index (Phi) is 4.12. The Morgan fingerprint density at radius 2 is 1.96 bits per heavy atom. The lowest BCUT2D eigenvalue weighted by Gasteiger charge is -2.30. The quantitative estimate of drug-likeness (QED) is 0.799. The molecule has 1 N–H and O–H groups in total. The summed E-state index contributed by atoms with van der Waals surface area (Å²) in [6.45, 7) is 3.25. The van der Waals surface area contributed by atoms with E-state index in [1.165, 1.54) is 12.1 Å². The third kappa shape index (κ3) is 3.02. The third-order valence-corrected chi connectivity index (χ3v) is 4.91. The van der Waals surface area contributed by atoms with Gasteiger partial charge < -0.3 is 0 Å². The van der Waals surface area contributed by atoms with E-state index in [4.69, 9.17) is 0 Å². The number of hydrogen-bond donors (Lipinski definition) is 1. The van der Waals surface area contributed by atoms with E-state index in [1.807, 2.05) is 12.1 Å². The first-order valence-corrected chi connectivity index (χ1v) is 8.21. The SMILES string of the molecule is CC1(C)CN([C@@H](c2ccc3cccc(Br)c3c2)C(F)(F)F)NC1=O. The Morgan fingerprint density at radius 3 is 2.54 bits per heavy atom. The number of fused-ring (bicyclic) bond motifs is 1. The van der Waals surface area contributed by atoms with Gasteiger partial charge >= 0.3 is 6.18 Å². The first kappa shape index (κ1) is 17.2. The van der Waals surface area contributed by atoms with Gasteiger partial charge in [-0.05, 0) is 42.3 Å². The van der Waals surface area contributed by atoms with Crippen molar-refractivity contribution in [1.29, 1.82) is 0 Å². The van der Waals surface area contributed by atoms with Gasteiger partial charge in [0.2, 0.25) is 5.91 Å². The molecule has 1 amide bonds. The molecule has 0 saturated carbocycles.